The maximum Gasteiger partial charge on any atom is 0.256 e. The van der Waals surface area contributed by atoms with E-state index < -0.39 is 11.7 Å². The highest BCUT2D eigenvalue weighted by atomic mass is 79.9. The first-order valence-electron chi connectivity index (χ1n) is 5.54. The third-order valence-corrected chi connectivity index (χ3v) is 3.17. The van der Waals surface area contributed by atoms with Gasteiger partial charge in [0.15, 0.2) is 0 Å². The van der Waals surface area contributed by atoms with Crippen LogP contribution in [0.15, 0.2) is 27.8 Å². The molecule has 5 nitrogen and oxygen atoms in total. The van der Waals surface area contributed by atoms with Gasteiger partial charge in [0.25, 0.3) is 5.91 Å². The lowest BCUT2D eigenvalue weighted by Gasteiger charge is -2.21. The van der Waals surface area contributed by atoms with Crippen LogP contribution in [0.1, 0.15) is 17.3 Å². The number of hydrogen-bond donors (Lipinski definition) is 2. The first-order chi connectivity index (χ1) is 8.86. The molecule has 0 saturated carbocycles. The number of rotatable bonds is 4. The predicted molar refractivity (Wildman–Crippen MR) is 73.6 cm³/mol. The molecular formula is C12H15BrFN3O2. The molecule has 1 rings (SSSR count). The number of halogens is 2. The summed E-state index contributed by atoms with van der Waals surface area (Å²) in [6.45, 7) is 1.93. The number of oxime groups is 1. The van der Waals surface area contributed by atoms with Gasteiger partial charge in [-0.05, 0) is 18.2 Å². The summed E-state index contributed by atoms with van der Waals surface area (Å²) in [6.07, 6.45) is 0. The lowest BCUT2D eigenvalue weighted by atomic mass is 10.1. The second-order valence-electron chi connectivity index (χ2n) is 4.24. The molecular weight excluding hydrogens is 317 g/mol. The van der Waals surface area contributed by atoms with Gasteiger partial charge in [-0.1, -0.05) is 28.0 Å². The molecule has 104 valence electrons. The fourth-order valence-corrected chi connectivity index (χ4v) is 1.91. The van der Waals surface area contributed by atoms with E-state index in [1.807, 2.05) is 0 Å². The smallest absolute Gasteiger partial charge is 0.256 e. The predicted octanol–water partition coefficient (Wildman–Crippen LogP) is 2.04. The van der Waals surface area contributed by atoms with Crippen molar-refractivity contribution < 1.29 is 14.4 Å². The maximum absolute atomic E-state index is 13.6. The van der Waals surface area contributed by atoms with Gasteiger partial charge in [0, 0.05) is 24.0 Å². The van der Waals surface area contributed by atoms with E-state index in [9.17, 15) is 9.18 Å². The Morgan fingerprint density at radius 2 is 2.26 bits per heavy atom. The highest BCUT2D eigenvalue weighted by molar-refractivity contribution is 9.10. The molecule has 1 aromatic carbocycles. The zero-order valence-electron chi connectivity index (χ0n) is 10.6. The van der Waals surface area contributed by atoms with Crippen LogP contribution in [0.5, 0.6) is 0 Å². The number of benzene rings is 1. The van der Waals surface area contributed by atoms with E-state index in [0.717, 1.165) is 0 Å². The van der Waals surface area contributed by atoms with Gasteiger partial charge in [-0.15, -0.1) is 0 Å². The molecule has 0 aliphatic rings. The minimum atomic E-state index is -0.587. The molecule has 0 bridgehead atoms. The fourth-order valence-electron chi connectivity index (χ4n) is 1.55. The lowest BCUT2D eigenvalue weighted by Crippen LogP contribution is -2.36. The summed E-state index contributed by atoms with van der Waals surface area (Å²) in [5, 5.41) is 11.4. The fraction of sp³-hybridized carbons (Fsp3) is 0.333. The van der Waals surface area contributed by atoms with Gasteiger partial charge < -0.3 is 15.8 Å². The monoisotopic (exact) mass is 331 g/mol. The van der Waals surface area contributed by atoms with Gasteiger partial charge in [0.1, 0.15) is 11.7 Å². The summed E-state index contributed by atoms with van der Waals surface area (Å²) >= 11 is 3.19. The number of hydrogen-bond acceptors (Lipinski definition) is 3. The van der Waals surface area contributed by atoms with Crippen LogP contribution in [0, 0.1) is 11.7 Å². The average molecular weight is 332 g/mol. The molecule has 1 atom stereocenters. The summed E-state index contributed by atoms with van der Waals surface area (Å²) in [5.74, 6) is -1.35. The van der Waals surface area contributed by atoms with E-state index in [4.69, 9.17) is 10.9 Å². The number of carbonyl (C=O) groups excluding carboxylic acids is 1. The summed E-state index contributed by atoms with van der Waals surface area (Å²) < 4.78 is 14.2. The normalized spacial score (nSPS) is 13.2. The largest absolute Gasteiger partial charge is 0.409 e. The topological polar surface area (TPSA) is 78.9 Å². The quantitative estimate of drug-likeness (QED) is 0.383. The van der Waals surface area contributed by atoms with E-state index in [-0.39, 0.29) is 23.9 Å². The second-order valence-corrected chi connectivity index (χ2v) is 5.15. The minimum Gasteiger partial charge on any atom is -0.409 e. The highest BCUT2D eigenvalue weighted by Crippen LogP contribution is 2.17. The van der Waals surface area contributed by atoms with E-state index in [2.05, 4.69) is 21.1 Å². The number of carbonyl (C=O) groups is 1. The van der Waals surface area contributed by atoms with Gasteiger partial charge in [-0.3, -0.25) is 4.79 Å². The molecule has 7 heteroatoms. The minimum absolute atomic E-state index is 0.0226. The van der Waals surface area contributed by atoms with E-state index in [0.29, 0.717) is 4.47 Å². The van der Waals surface area contributed by atoms with Gasteiger partial charge in [0.05, 0.1) is 5.56 Å². The molecule has 0 aliphatic carbocycles. The summed E-state index contributed by atoms with van der Waals surface area (Å²) in [4.78, 5) is 13.4. The van der Waals surface area contributed by atoms with Gasteiger partial charge >= 0.3 is 0 Å². The van der Waals surface area contributed by atoms with E-state index in [1.54, 1.807) is 6.92 Å². The number of nitrogens with zero attached hydrogens (tertiary/aromatic N) is 2. The zero-order valence-corrected chi connectivity index (χ0v) is 12.2. The number of amidine groups is 1. The van der Waals surface area contributed by atoms with Gasteiger partial charge in [-0.25, -0.2) is 4.39 Å². The Balaban J connectivity index is 2.85. The van der Waals surface area contributed by atoms with Crippen LogP contribution in [0.3, 0.4) is 0 Å². The first-order valence-corrected chi connectivity index (χ1v) is 6.34. The lowest BCUT2D eigenvalue weighted by molar-refractivity contribution is 0.0781. The summed E-state index contributed by atoms with van der Waals surface area (Å²) in [5.41, 5.74) is 5.41. The number of amides is 1. The molecule has 1 unspecified atom stereocenters. The van der Waals surface area contributed by atoms with Crippen molar-refractivity contribution in [2.24, 2.45) is 16.8 Å². The highest BCUT2D eigenvalue weighted by Gasteiger charge is 2.19. The average Bonchev–Trinajstić information content (AvgIpc) is 2.39. The van der Waals surface area contributed by atoms with Crippen LogP contribution in [0.4, 0.5) is 4.39 Å². The van der Waals surface area contributed by atoms with Crippen molar-refractivity contribution in [2.45, 2.75) is 6.92 Å². The van der Waals surface area contributed by atoms with Crippen LogP contribution in [0.2, 0.25) is 0 Å². The van der Waals surface area contributed by atoms with Crippen molar-refractivity contribution >= 4 is 27.7 Å². The van der Waals surface area contributed by atoms with Crippen molar-refractivity contribution in [3.63, 3.8) is 0 Å². The zero-order chi connectivity index (χ0) is 14.6. The Morgan fingerprint density at radius 1 is 1.63 bits per heavy atom. The van der Waals surface area contributed by atoms with Crippen molar-refractivity contribution in [1.82, 2.24) is 4.90 Å². The molecule has 0 fully saturated rings. The van der Waals surface area contributed by atoms with Crippen LogP contribution >= 0.6 is 15.9 Å². The van der Waals surface area contributed by atoms with Crippen molar-refractivity contribution in [2.75, 3.05) is 13.6 Å². The second kappa shape index (κ2) is 6.51. The van der Waals surface area contributed by atoms with Crippen molar-refractivity contribution in [1.29, 1.82) is 0 Å². The molecule has 0 aliphatic heterocycles. The Hall–Kier alpha value is -1.63. The molecule has 1 amide bonds. The van der Waals surface area contributed by atoms with Crippen molar-refractivity contribution in [3.05, 3.63) is 34.1 Å². The number of nitrogens with two attached hydrogens (primary N) is 1. The van der Waals surface area contributed by atoms with Crippen LogP contribution in [-0.2, 0) is 0 Å². The Morgan fingerprint density at radius 3 is 2.84 bits per heavy atom. The third kappa shape index (κ3) is 3.92. The van der Waals surface area contributed by atoms with Gasteiger partial charge in [-0.2, -0.15) is 0 Å². The van der Waals surface area contributed by atoms with Crippen LogP contribution in [-0.4, -0.2) is 35.4 Å². The van der Waals surface area contributed by atoms with Crippen LogP contribution < -0.4 is 5.73 Å². The molecule has 0 aromatic heterocycles. The Kier molecular flexibility index (Phi) is 5.29. The van der Waals surface area contributed by atoms with E-state index >= 15 is 0 Å². The molecule has 3 N–H and O–H groups in total. The third-order valence-electron chi connectivity index (χ3n) is 2.67. The van der Waals surface area contributed by atoms with Gasteiger partial charge in [0.2, 0.25) is 0 Å². The van der Waals surface area contributed by atoms with Crippen molar-refractivity contribution in [3.8, 4) is 0 Å². The van der Waals surface area contributed by atoms with Crippen LogP contribution in [0.25, 0.3) is 0 Å². The SMILES string of the molecule is CC(CN(C)C(=O)c1cc(Br)ccc1F)C(N)=NO. The molecule has 0 heterocycles. The Labute approximate surface area is 119 Å². The summed E-state index contributed by atoms with van der Waals surface area (Å²) in [6, 6.07) is 4.16. The standard InChI is InChI=1S/C12H15BrFN3O2/c1-7(11(15)16-19)6-17(2)12(18)9-5-8(13)3-4-10(9)14/h3-5,7,19H,6H2,1-2H3,(H2,15,16). The Bertz CT molecular complexity index is 508. The first kappa shape index (κ1) is 15.4. The molecule has 0 spiro atoms. The maximum atomic E-state index is 13.6. The molecule has 0 radical (unpaired) electrons. The summed E-state index contributed by atoms with van der Waals surface area (Å²) in [7, 11) is 1.53. The molecule has 0 saturated heterocycles. The van der Waals surface area contributed by atoms with E-state index in [1.165, 1.54) is 30.1 Å². The molecule has 1 aromatic rings. The molecule has 19 heavy (non-hydrogen) atoms.